The highest BCUT2D eigenvalue weighted by atomic mass is 35.5. The Morgan fingerprint density at radius 1 is 1.12 bits per heavy atom. The van der Waals surface area contributed by atoms with Crippen LogP contribution in [0.5, 0.6) is 0 Å². The minimum absolute atomic E-state index is 0.0774. The van der Waals surface area contributed by atoms with Crippen LogP contribution in [0.15, 0.2) is 70.3 Å². The van der Waals surface area contributed by atoms with Crippen LogP contribution in [0, 0.1) is 0 Å². The van der Waals surface area contributed by atoms with Crippen LogP contribution in [0.2, 0.25) is 5.15 Å². The number of H-pyrrole nitrogens is 1. The maximum absolute atomic E-state index is 12.9. The maximum atomic E-state index is 12.9. The molecular formula is C24H24ClN5O3. The predicted octanol–water partition coefficient (Wildman–Crippen LogP) is 3.02. The molecule has 4 rings (SSSR count). The number of nitrogens with two attached hydrogens (primary N) is 1. The molecule has 0 spiro atoms. The Bertz CT molecular complexity index is 1380. The quantitative estimate of drug-likeness (QED) is 0.387. The monoisotopic (exact) mass is 465 g/mol. The van der Waals surface area contributed by atoms with E-state index in [1.165, 1.54) is 4.57 Å². The number of nitrogen functional groups attached to an aromatic ring is 1. The van der Waals surface area contributed by atoms with Crippen molar-refractivity contribution in [2.45, 2.75) is 13.1 Å². The third-order valence-electron chi connectivity index (χ3n) is 5.39. The summed E-state index contributed by atoms with van der Waals surface area (Å²) in [5, 5.41) is 1.27. The van der Waals surface area contributed by atoms with E-state index in [9.17, 15) is 9.59 Å². The van der Waals surface area contributed by atoms with Gasteiger partial charge in [0.05, 0.1) is 18.7 Å². The number of methoxy groups -OCH3 is 1. The third kappa shape index (κ3) is 4.92. The Morgan fingerprint density at radius 3 is 2.61 bits per heavy atom. The molecule has 9 heteroatoms. The summed E-state index contributed by atoms with van der Waals surface area (Å²) < 4.78 is 6.60. The maximum Gasteiger partial charge on any atom is 0.330 e. The Hall–Kier alpha value is -3.62. The molecule has 8 nitrogen and oxygen atoms in total. The summed E-state index contributed by atoms with van der Waals surface area (Å²) in [5.74, 6) is 0.0774. The van der Waals surface area contributed by atoms with Gasteiger partial charge in [0, 0.05) is 31.1 Å². The van der Waals surface area contributed by atoms with E-state index < -0.39 is 11.2 Å². The molecule has 2 aromatic carbocycles. The lowest BCUT2D eigenvalue weighted by atomic mass is 10.1. The van der Waals surface area contributed by atoms with Crippen molar-refractivity contribution in [3.05, 3.63) is 97.8 Å². The first kappa shape index (κ1) is 22.6. The van der Waals surface area contributed by atoms with Crippen molar-refractivity contribution >= 4 is 34.0 Å². The first-order chi connectivity index (χ1) is 16.0. The zero-order valence-electron chi connectivity index (χ0n) is 18.1. The second-order valence-corrected chi connectivity index (χ2v) is 7.97. The molecule has 0 amide bonds. The van der Waals surface area contributed by atoms with Crippen LogP contribution in [0.3, 0.4) is 0 Å². The number of anilines is 2. The van der Waals surface area contributed by atoms with Gasteiger partial charge in [-0.2, -0.15) is 0 Å². The molecule has 0 saturated carbocycles. The first-order valence-electron chi connectivity index (χ1n) is 10.4. The Morgan fingerprint density at radius 2 is 1.85 bits per heavy atom. The standard InChI is InChI=1S/C24H24ClN5O3/c1-33-12-11-29(15-18-13-17-9-5-6-10-19(17)27-21(18)25)20-22(26)30(24(32)28-23(20)31)14-16-7-3-2-4-8-16/h2-10,13H,11-12,14-15,26H2,1H3,(H,28,31,32). The molecule has 170 valence electrons. The zero-order valence-corrected chi connectivity index (χ0v) is 18.9. The summed E-state index contributed by atoms with van der Waals surface area (Å²) in [6.45, 7) is 1.19. The Kier molecular flexibility index (Phi) is 6.76. The smallest absolute Gasteiger partial charge is 0.330 e. The number of pyridine rings is 1. The fourth-order valence-corrected chi connectivity index (χ4v) is 3.94. The van der Waals surface area contributed by atoms with Crippen molar-refractivity contribution in [2.24, 2.45) is 0 Å². The van der Waals surface area contributed by atoms with Crippen LogP contribution in [-0.2, 0) is 17.8 Å². The predicted molar refractivity (Wildman–Crippen MR) is 131 cm³/mol. The summed E-state index contributed by atoms with van der Waals surface area (Å²) in [7, 11) is 1.58. The van der Waals surface area contributed by atoms with Crippen LogP contribution in [0.25, 0.3) is 10.9 Å². The molecule has 0 aliphatic rings. The number of para-hydroxylation sites is 1. The van der Waals surface area contributed by atoms with Gasteiger partial charge in [0.15, 0.2) is 0 Å². The Labute approximate surface area is 195 Å². The molecule has 0 bridgehead atoms. The number of ether oxygens (including phenoxy) is 1. The topological polar surface area (TPSA) is 106 Å². The molecule has 0 saturated heterocycles. The molecule has 2 aromatic heterocycles. The van der Waals surface area contributed by atoms with Crippen molar-refractivity contribution in [3.8, 4) is 0 Å². The number of benzene rings is 2. The number of halogens is 1. The summed E-state index contributed by atoms with van der Waals surface area (Å²) in [5.41, 5.74) is 7.84. The van der Waals surface area contributed by atoms with E-state index in [0.29, 0.717) is 18.3 Å². The summed E-state index contributed by atoms with van der Waals surface area (Å²) in [4.78, 5) is 34.1. The molecular weight excluding hydrogens is 442 g/mol. The second-order valence-electron chi connectivity index (χ2n) is 7.61. The molecule has 0 radical (unpaired) electrons. The van der Waals surface area contributed by atoms with Gasteiger partial charge in [-0.25, -0.2) is 9.78 Å². The third-order valence-corrected chi connectivity index (χ3v) is 5.72. The molecule has 4 aromatic rings. The van der Waals surface area contributed by atoms with Crippen LogP contribution in [0.1, 0.15) is 11.1 Å². The van der Waals surface area contributed by atoms with Crippen LogP contribution in [0.4, 0.5) is 11.5 Å². The lowest BCUT2D eigenvalue weighted by Gasteiger charge is -2.26. The van der Waals surface area contributed by atoms with Crippen molar-refractivity contribution in [3.63, 3.8) is 0 Å². The van der Waals surface area contributed by atoms with Gasteiger partial charge in [-0.05, 0) is 17.7 Å². The Balaban J connectivity index is 1.77. The van der Waals surface area contributed by atoms with Gasteiger partial charge in [-0.1, -0.05) is 60.1 Å². The van der Waals surface area contributed by atoms with Gasteiger partial charge in [-0.3, -0.25) is 14.3 Å². The van der Waals surface area contributed by atoms with E-state index in [0.717, 1.165) is 22.0 Å². The highest BCUT2D eigenvalue weighted by molar-refractivity contribution is 6.30. The summed E-state index contributed by atoms with van der Waals surface area (Å²) in [6, 6.07) is 19.0. The number of nitrogens with zero attached hydrogens (tertiary/aromatic N) is 3. The molecule has 0 aliphatic heterocycles. The zero-order chi connectivity index (χ0) is 23.4. The van der Waals surface area contributed by atoms with Gasteiger partial charge in [0.25, 0.3) is 5.56 Å². The number of rotatable bonds is 8. The van der Waals surface area contributed by atoms with E-state index in [1.54, 1.807) is 12.0 Å². The van der Waals surface area contributed by atoms with E-state index in [4.69, 9.17) is 22.1 Å². The van der Waals surface area contributed by atoms with Gasteiger partial charge in [0.2, 0.25) is 0 Å². The van der Waals surface area contributed by atoms with Crippen LogP contribution < -0.4 is 21.9 Å². The molecule has 0 aliphatic carbocycles. The van der Waals surface area contributed by atoms with Crippen LogP contribution in [-0.4, -0.2) is 34.8 Å². The number of hydrogen-bond donors (Lipinski definition) is 2. The normalized spacial score (nSPS) is 11.1. The summed E-state index contributed by atoms with van der Waals surface area (Å²) in [6.07, 6.45) is 0. The SMILES string of the molecule is COCCN(Cc1cc2ccccc2nc1Cl)c1c(N)n(Cc2ccccc2)c(=O)[nH]c1=O. The number of aromatic nitrogens is 3. The number of nitrogens with one attached hydrogen (secondary N) is 1. The lowest BCUT2D eigenvalue weighted by molar-refractivity contribution is 0.205. The highest BCUT2D eigenvalue weighted by Gasteiger charge is 2.21. The highest BCUT2D eigenvalue weighted by Crippen LogP contribution is 2.25. The van der Waals surface area contributed by atoms with E-state index >= 15 is 0 Å². The van der Waals surface area contributed by atoms with Crippen molar-refractivity contribution in [2.75, 3.05) is 30.9 Å². The number of aromatic amines is 1. The first-order valence-corrected chi connectivity index (χ1v) is 10.8. The van der Waals surface area contributed by atoms with Crippen molar-refractivity contribution in [1.82, 2.24) is 14.5 Å². The molecule has 0 fully saturated rings. The minimum atomic E-state index is -0.567. The van der Waals surface area contributed by atoms with Gasteiger partial charge in [0.1, 0.15) is 16.7 Å². The lowest BCUT2D eigenvalue weighted by Crippen LogP contribution is -2.39. The van der Waals surface area contributed by atoms with Crippen LogP contribution >= 0.6 is 11.6 Å². The average Bonchev–Trinajstić information content (AvgIpc) is 2.81. The van der Waals surface area contributed by atoms with Gasteiger partial charge in [-0.15, -0.1) is 0 Å². The summed E-state index contributed by atoms with van der Waals surface area (Å²) >= 11 is 6.47. The average molecular weight is 466 g/mol. The number of fused-ring (bicyclic) bond motifs is 1. The molecule has 3 N–H and O–H groups in total. The van der Waals surface area contributed by atoms with E-state index in [2.05, 4.69) is 9.97 Å². The minimum Gasteiger partial charge on any atom is -0.383 e. The largest absolute Gasteiger partial charge is 0.383 e. The molecule has 0 atom stereocenters. The number of hydrogen-bond acceptors (Lipinski definition) is 6. The van der Waals surface area contributed by atoms with Gasteiger partial charge >= 0.3 is 5.69 Å². The van der Waals surface area contributed by atoms with E-state index in [-0.39, 0.29) is 24.6 Å². The second kappa shape index (κ2) is 9.89. The molecule has 2 heterocycles. The molecule has 33 heavy (non-hydrogen) atoms. The van der Waals surface area contributed by atoms with Gasteiger partial charge < -0.3 is 15.4 Å². The molecule has 0 unspecified atom stereocenters. The van der Waals surface area contributed by atoms with Crippen molar-refractivity contribution < 1.29 is 4.74 Å². The fourth-order valence-electron chi connectivity index (χ4n) is 3.73. The van der Waals surface area contributed by atoms with E-state index in [1.807, 2.05) is 60.7 Å². The fraction of sp³-hybridized carbons (Fsp3) is 0.208. The van der Waals surface area contributed by atoms with Crippen molar-refractivity contribution in [1.29, 1.82) is 0 Å².